The van der Waals surface area contributed by atoms with Gasteiger partial charge in [0.25, 0.3) is 0 Å². The van der Waals surface area contributed by atoms with Crippen LogP contribution in [0, 0.1) is 0 Å². The molecule has 0 aliphatic heterocycles. The quantitative estimate of drug-likeness (QED) is 0.602. The van der Waals surface area contributed by atoms with Gasteiger partial charge in [0.1, 0.15) is 6.04 Å². The van der Waals surface area contributed by atoms with E-state index >= 15 is 0 Å². The molecule has 0 spiro atoms. The third-order valence-corrected chi connectivity index (χ3v) is 1.50. The van der Waals surface area contributed by atoms with Crippen LogP contribution in [0.2, 0.25) is 0 Å². The molecule has 0 amide bonds. The van der Waals surface area contributed by atoms with Crippen molar-refractivity contribution in [3.05, 3.63) is 18.2 Å². The first kappa shape index (κ1) is 11.6. The number of rotatable bonds is 3. The lowest BCUT2D eigenvalue weighted by Crippen LogP contribution is -2.32. The van der Waals surface area contributed by atoms with E-state index in [2.05, 4.69) is 4.98 Å². The summed E-state index contributed by atoms with van der Waals surface area (Å²) < 4.78 is 1.75. The Bertz CT molecular complexity index is 284. The van der Waals surface area contributed by atoms with E-state index < -0.39 is 12.0 Å². The van der Waals surface area contributed by atoms with Gasteiger partial charge in [-0.1, -0.05) is 0 Å². The number of hydrogen-bond donors (Lipinski definition) is 2. The van der Waals surface area contributed by atoms with Crippen LogP contribution in [0.1, 0.15) is 5.69 Å². The van der Waals surface area contributed by atoms with Gasteiger partial charge in [-0.15, -0.1) is 0 Å². The van der Waals surface area contributed by atoms with Crippen molar-refractivity contribution in [2.24, 2.45) is 12.8 Å². The number of imidazole rings is 1. The molecule has 1 atom stereocenters. The highest BCUT2D eigenvalue weighted by atomic mass is 16.4. The monoisotopic (exact) mass is 187 g/mol. The highest BCUT2D eigenvalue weighted by Gasteiger charge is 2.12. The lowest BCUT2D eigenvalue weighted by atomic mass is 10.2. The molecule has 0 bridgehead atoms. The van der Waals surface area contributed by atoms with E-state index in [0.29, 0.717) is 5.69 Å². The van der Waals surface area contributed by atoms with Crippen molar-refractivity contribution >= 4 is 5.97 Å². The second-order valence-corrected chi connectivity index (χ2v) is 2.68. The van der Waals surface area contributed by atoms with E-state index in [0.717, 1.165) is 0 Å². The molecule has 74 valence electrons. The summed E-state index contributed by atoms with van der Waals surface area (Å²) in [6, 6.07) is -0.861. The molecule has 1 heterocycles. The van der Waals surface area contributed by atoms with Crippen LogP contribution in [-0.2, 0) is 18.3 Å². The Morgan fingerprint density at radius 1 is 1.85 bits per heavy atom. The zero-order valence-corrected chi connectivity index (χ0v) is 7.27. The lowest BCUT2D eigenvalue weighted by Gasteiger charge is -2.01. The molecule has 13 heavy (non-hydrogen) atoms. The summed E-state index contributed by atoms with van der Waals surface area (Å²) in [6.45, 7) is 0. The maximum Gasteiger partial charge on any atom is 0.320 e. The predicted molar refractivity (Wildman–Crippen MR) is 46.1 cm³/mol. The van der Waals surface area contributed by atoms with Gasteiger partial charge in [-0.2, -0.15) is 0 Å². The number of aliphatic carboxylic acids is 1. The Balaban J connectivity index is 0.00000144. The summed E-state index contributed by atoms with van der Waals surface area (Å²) in [6.07, 6.45) is 3.64. The maximum absolute atomic E-state index is 10.4. The van der Waals surface area contributed by atoms with Crippen molar-refractivity contribution in [3.63, 3.8) is 0 Å². The summed E-state index contributed by atoms with van der Waals surface area (Å²) in [5, 5.41) is 8.49. The second-order valence-electron chi connectivity index (χ2n) is 2.68. The molecule has 0 aromatic carbocycles. The summed E-state index contributed by atoms with van der Waals surface area (Å²) in [5.74, 6) is -0.999. The molecule has 1 rings (SSSR count). The Kier molecular flexibility index (Phi) is 4.09. The van der Waals surface area contributed by atoms with Crippen molar-refractivity contribution in [2.75, 3.05) is 0 Å². The van der Waals surface area contributed by atoms with Crippen molar-refractivity contribution in [3.8, 4) is 0 Å². The number of aromatic nitrogens is 2. The Labute approximate surface area is 75.3 Å². The molecule has 1 aromatic rings. The summed E-state index contributed by atoms with van der Waals surface area (Å²) in [7, 11) is 1.82. The average Bonchev–Trinajstić information content (AvgIpc) is 2.35. The number of carbonyl (C=O) groups is 1. The minimum absolute atomic E-state index is 0. The van der Waals surface area contributed by atoms with Crippen molar-refractivity contribution < 1.29 is 15.4 Å². The van der Waals surface area contributed by atoms with Crippen LogP contribution < -0.4 is 5.73 Å². The SMILES string of the molecule is Cn1cnc(C[C@H](N)C(=O)O)c1.O. The Morgan fingerprint density at radius 2 is 2.46 bits per heavy atom. The Hall–Kier alpha value is -1.40. The molecule has 5 N–H and O–H groups in total. The van der Waals surface area contributed by atoms with Gasteiger partial charge in [-0.25, -0.2) is 4.98 Å². The molecule has 1 aromatic heterocycles. The number of carboxylic acid groups (broad SMARTS) is 1. The standard InChI is InChI=1S/C7H11N3O2.H2O/c1-10-3-5(9-4-10)2-6(8)7(11)12;/h3-4,6H,2,8H2,1H3,(H,11,12);1H2/t6-;/m0./s1. The van der Waals surface area contributed by atoms with Crippen LogP contribution in [0.25, 0.3) is 0 Å². The molecule has 6 nitrogen and oxygen atoms in total. The molecule has 0 saturated heterocycles. The third-order valence-electron chi connectivity index (χ3n) is 1.50. The van der Waals surface area contributed by atoms with Crippen LogP contribution in [0.4, 0.5) is 0 Å². The minimum Gasteiger partial charge on any atom is -0.480 e. The number of carboxylic acids is 1. The normalized spacial score (nSPS) is 11.8. The zero-order chi connectivity index (χ0) is 9.14. The van der Waals surface area contributed by atoms with Crippen molar-refractivity contribution in [1.29, 1.82) is 0 Å². The van der Waals surface area contributed by atoms with E-state index in [1.807, 2.05) is 7.05 Å². The van der Waals surface area contributed by atoms with Crippen LogP contribution in [0.15, 0.2) is 12.5 Å². The zero-order valence-electron chi connectivity index (χ0n) is 7.27. The van der Waals surface area contributed by atoms with E-state index in [-0.39, 0.29) is 11.9 Å². The van der Waals surface area contributed by atoms with Gasteiger partial charge >= 0.3 is 5.97 Å². The molecule has 0 aliphatic carbocycles. The first-order chi connectivity index (χ1) is 5.59. The van der Waals surface area contributed by atoms with E-state index in [1.54, 1.807) is 17.1 Å². The Morgan fingerprint density at radius 3 is 2.85 bits per heavy atom. The predicted octanol–water partition coefficient (Wildman–Crippen LogP) is -1.45. The van der Waals surface area contributed by atoms with Crippen LogP contribution in [-0.4, -0.2) is 32.1 Å². The smallest absolute Gasteiger partial charge is 0.320 e. The third kappa shape index (κ3) is 3.22. The van der Waals surface area contributed by atoms with Crippen LogP contribution in [0.3, 0.4) is 0 Å². The average molecular weight is 187 g/mol. The first-order valence-electron chi connectivity index (χ1n) is 3.55. The van der Waals surface area contributed by atoms with E-state index in [9.17, 15) is 4.79 Å². The van der Waals surface area contributed by atoms with Gasteiger partial charge in [0.05, 0.1) is 12.0 Å². The van der Waals surface area contributed by atoms with Crippen molar-refractivity contribution in [1.82, 2.24) is 9.55 Å². The largest absolute Gasteiger partial charge is 0.480 e. The summed E-state index contributed by atoms with van der Waals surface area (Å²) in [5.41, 5.74) is 6.01. The van der Waals surface area contributed by atoms with Gasteiger partial charge in [0, 0.05) is 19.7 Å². The highest BCUT2D eigenvalue weighted by Crippen LogP contribution is 1.97. The van der Waals surface area contributed by atoms with Gasteiger partial charge in [0.2, 0.25) is 0 Å². The molecule has 6 heteroatoms. The molecule has 0 unspecified atom stereocenters. The number of nitrogens with zero attached hydrogens (tertiary/aromatic N) is 2. The number of hydrogen-bond acceptors (Lipinski definition) is 3. The molecule has 0 aliphatic rings. The van der Waals surface area contributed by atoms with Crippen LogP contribution in [0.5, 0.6) is 0 Å². The van der Waals surface area contributed by atoms with Gasteiger partial charge in [0.15, 0.2) is 0 Å². The number of nitrogens with two attached hydrogens (primary N) is 1. The molecular weight excluding hydrogens is 174 g/mol. The van der Waals surface area contributed by atoms with E-state index in [1.165, 1.54) is 0 Å². The van der Waals surface area contributed by atoms with Gasteiger partial charge in [-0.05, 0) is 0 Å². The summed E-state index contributed by atoms with van der Waals surface area (Å²) >= 11 is 0. The molecular formula is C7H13N3O3. The fourth-order valence-electron chi connectivity index (χ4n) is 0.885. The molecule has 0 radical (unpaired) electrons. The fraction of sp³-hybridized carbons (Fsp3) is 0.429. The first-order valence-corrected chi connectivity index (χ1v) is 3.55. The fourth-order valence-corrected chi connectivity index (χ4v) is 0.885. The van der Waals surface area contributed by atoms with Crippen LogP contribution >= 0.6 is 0 Å². The lowest BCUT2D eigenvalue weighted by molar-refractivity contribution is -0.138. The van der Waals surface area contributed by atoms with Gasteiger partial charge < -0.3 is 20.9 Å². The highest BCUT2D eigenvalue weighted by molar-refractivity contribution is 5.73. The second kappa shape index (κ2) is 4.58. The summed E-state index contributed by atoms with van der Waals surface area (Å²) in [4.78, 5) is 14.3. The minimum atomic E-state index is -0.999. The van der Waals surface area contributed by atoms with Crippen molar-refractivity contribution in [2.45, 2.75) is 12.5 Å². The van der Waals surface area contributed by atoms with Gasteiger partial charge in [-0.3, -0.25) is 4.79 Å². The van der Waals surface area contributed by atoms with E-state index in [4.69, 9.17) is 10.8 Å². The number of aryl methyl sites for hydroxylation is 1. The maximum atomic E-state index is 10.4. The topological polar surface area (TPSA) is 113 Å². The molecule has 0 fully saturated rings. The molecule has 0 saturated carbocycles.